The van der Waals surface area contributed by atoms with E-state index < -0.39 is 0 Å². The van der Waals surface area contributed by atoms with Gasteiger partial charge in [-0.25, -0.2) is 9.97 Å². The maximum absolute atomic E-state index is 13.2. The molecule has 3 N–H and O–H groups in total. The van der Waals surface area contributed by atoms with Gasteiger partial charge in [0, 0.05) is 12.2 Å². The van der Waals surface area contributed by atoms with E-state index in [0.29, 0.717) is 29.1 Å². The number of nitrogens with zero attached hydrogens (tertiary/aromatic N) is 3. The van der Waals surface area contributed by atoms with Crippen LogP contribution in [0.1, 0.15) is 42.5 Å². The Morgan fingerprint density at radius 1 is 1.00 bits per heavy atom. The fraction of sp³-hybridized carbons (Fsp3) is 0.240. The summed E-state index contributed by atoms with van der Waals surface area (Å²) in [5.74, 6) is 0.143. The van der Waals surface area contributed by atoms with Crippen LogP contribution >= 0.6 is 0 Å². The van der Waals surface area contributed by atoms with E-state index in [2.05, 4.69) is 11.4 Å². The molecule has 2 aromatic heterocycles. The molecule has 6 heteroatoms. The van der Waals surface area contributed by atoms with E-state index in [1.807, 2.05) is 59.2 Å². The number of hydrogen-bond donors (Lipinski definition) is 2. The molecule has 1 aliphatic rings. The van der Waals surface area contributed by atoms with Gasteiger partial charge in [-0.15, -0.1) is 0 Å². The summed E-state index contributed by atoms with van der Waals surface area (Å²) in [6.45, 7) is 0.586. The molecule has 0 saturated heterocycles. The average molecular weight is 412 g/mol. The van der Waals surface area contributed by atoms with Gasteiger partial charge < -0.3 is 11.1 Å². The van der Waals surface area contributed by atoms with Crippen LogP contribution < -0.4 is 11.1 Å². The molecular weight excluding hydrogens is 386 g/mol. The lowest BCUT2D eigenvalue weighted by molar-refractivity contribution is 0.0956. The average Bonchev–Trinajstić information content (AvgIpc) is 3.09. The molecule has 0 bridgehead atoms. The molecule has 31 heavy (non-hydrogen) atoms. The van der Waals surface area contributed by atoms with E-state index in [1.54, 1.807) is 0 Å². The van der Waals surface area contributed by atoms with Crippen molar-refractivity contribution in [2.24, 2.45) is 0 Å². The lowest BCUT2D eigenvalue weighted by atomic mass is 9.97. The number of nitrogens with one attached hydrogen (secondary N) is 1. The molecule has 6 nitrogen and oxygen atoms in total. The quantitative estimate of drug-likeness (QED) is 0.463. The molecule has 0 spiro atoms. The minimum Gasteiger partial charge on any atom is -0.384 e. The van der Waals surface area contributed by atoms with Crippen molar-refractivity contribution in [1.29, 1.82) is 0 Å². The van der Waals surface area contributed by atoms with Gasteiger partial charge in [-0.3, -0.25) is 9.36 Å². The number of nitrogens with two attached hydrogens (primary N) is 1. The van der Waals surface area contributed by atoms with Gasteiger partial charge in [0.15, 0.2) is 5.65 Å². The third-order valence-electron chi connectivity index (χ3n) is 5.86. The highest BCUT2D eigenvalue weighted by atomic mass is 16.1. The van der Waals surface area contributed by atoms with Crippen molar-refractivity contribution in [3.05, 3.63) is 71.8 Å². The van der Waals surface area contributed by atoms with Gasteiger partial charge in [-0.05, 0) is 56.4 Å². The van der Waals surface area contributed by atoms with Crippen LogP contribution in [0.25, 0.3) is 27.9 Å². The topological polar surface area (TPSA) is 85.8 Å². The van der Waals surface area contributed by atoms with Gasteiger partial charge in [0.2, 0.25) is 0 Å². The summed E-state index contributed by atoms with van der Waals surface area (Å²) in [7, 11) is 0. The number of para-hydroxylation sites is 3. The Morgan fingerprint density at radius 3 is 2.48 bits per heavy atom. The number of carbonyl (C=O) groups is 1. The van der Waals surface area contributed by atoms with Crippen molar-refractivity contribution in [2.45, 2.75) is 32.1 Å². The molecule has 2 heterocycles. The Labute approximate surface area is 180 Å². The van der Waals surface area contributed by atoms with Gasteiger partial charge in [0.05, 0.1) is 11.0 Å². The van der Waals surface area contributed by atoms with Gasteiger partial charge in [-0.2, -0.15) is 0 Å². The molecule has 4 aromatic rings. The molecule has 0 unspecified atom stereocenters. The lowest BCUT2D eigenvalue weighted by Gasteiger charge is -2.13. The maximum Gasteiger partial charge on any atom is 0.257 e. The van der Waals surface area contributed by atoms with Crippen LogP contribution in [0, 0.1) is 0 Å². The van der Waals surface area contributed by atoms with Crippen LogP contribution in [0.2, 0.25) is 0 Å². The van der Waals surface area contributed by atoms with Crippen LogP contribution in [0.5, 0.6) is 0 Å². The highest BCUT2D eigenvalue weighted by molar-refractivity contribution is 6.11. The predicted molar refractivity (Wildman–Crippen MR) is 124 cm³/mol. The minimum atomic E-state index is -0.210. The molecule has 0 radical (unpaired) electrons. The van der Waals surface area contributed by atoms with E-state index in [1.165, 1.54) is 18.4 Å². The number of hydrogen-bond acceptors (Lipinski definition) is 4. The first kappa shape index (κ1) is 19.3. The Hall–Kier alpha value is -3.67. The van der Waals surface area contributed by atoms with Gasteiger partial charge >= 0.3 is 0 Å². The zero-order valence-electron chi connectivity index (χ0n) is 17.3. The number of carbonyl (C=O) groups excluding carboxylic acids is 1. The molecule has 0 fully saturated rings. The third kappa shape index (κ3) is 3.65. The Balaban J connectivity index is 1.56. The third-order valence-corrected chi connectivity index (χ3v) is 5.86. The Kier molecular flexibility index (Phi) is 5.12. The number of allylic oxidation sites excluding steroid dienone is 1. The summed E-state index contributed by atoms with van der Waals surface area (Å²) < 4.78 is 1.81. The van der Waals surface area contributed by atoms with E-state index in [-0.39, 0.29) is 5.91 Å². The van der Waals surface area contributed by atoms with Crippen LogP contribution in [0.3, 0.4) is 0 Å². The zero-order chi connectivity index (χ0) is 21.2. The minimum absolute atomic E-state index is 0.210. The van der Waals surface area contributed by atoms with Crippen molar-refractivity contribution in [1.82, 2.24) is 19.9 Å². The van der Waals surface area contributed by atoms with E-state index in [0.717, 1.165) is 36.0 Å². The zero-order valence-corrected chi connectivity index (χ0v) is 17.3. The Bertz CT molecular complexity index is 1290. The van der Waals surface area contributed by atoms with Gasteiger partial charge in [-0.1, -0.05) is 42.0 Å². The first-order chi connectivity index (χ1) is 15.2. The van der Waals surface area contributed by atoms with Crippen molar-refractivity contribution >= 4 is 33.9 Å². The molecule has 0 atom stereocenters. The normalized spacial score (nSPS) is 14.0. The molecule has 5 rings (SSSR count). The summed E-state index contributed by atoms with van der Waals surface area (Å²) >= 11 is 0. The highest BCUT2D eigenvalue weighted by Crippen LogP contribution is 2.31. The number of nitrogen functional groups attached to an aromatic ring is 1. The second-order valence-corrected chi connectivity index (χ2v) is 7.93. The second-order valence-electron chi connectivity index (χ2n) is 7.93. The van der Waals surface area contributed by atoms with Crippen LogP contribution in [-0.2, 0) is 0 Å². The van der Waals surface area contributed by atoms with E-state index in [9.17, 15) is 4.79 Å². The predicted octanol–water partition coefficient (Wildman–Crippen LogP) is 4.78. The van der Waals surface area contributed by atoms with E-state index >= 15 is 0 Å². The molecule has 1 amide bonds. The largest absolute Gasteiger partial charge is 0.384 e. The fourth-order valence-electron chi connectivity index (χ4n) is 4.28. The van der Waals surface area contributed by atoms with Crippen molar-refractivity contribution < 1.29 is 4.79 Å². The van der Waals surface area contributed by atoms with Crippen LogP contribution in [0.15, 0.2) is 66.2 Å². The van der Waals surface area contributed by atoms with Gasteiger partial charge in [0.25, 0.3) is 5.91 Å². The van der Waals surface area contributed by atoms with Crippen molar-refractivity contribution in [3.8, 4) is 5.69 Å². The first-order valence-electron chi connectivity index (χ1n) is 10.8. The molecule has 156 valence electrons. The first-order valence-corrected chi connectivity index (χ1v) is 10.8. The molecule has 2 aromatic carbocycles. The second kappa shape index (κ2) is 8.22. The van der Waals surface area contributed by atoms with Crippen molar-refractivity contribution in [3.63, 3.8) is 0 Å². The van der Waals surface area contributed by atoms with E-state index in [4.69, 9.17) is 15.7 Å². The number of benzene rings is 2. The Morgan fingerprint density at radius 2 is 1.74 bits per heavy atom. The van der Waals surface area contributed by atoms with Crippen molar-refractivity contribution in [2.75, 3.05) is 12.3 Å². The lowest BCUT2D eigenvalue weighted by Crippen LogP contribution is -2.25. The number of rotatable bonds is 5. The van der Waals surface area contributed by atoms with Crippen LogP contribution in [-0.4, -0.2) is 27.0 Å². The molecule has 1 aliphatic carbocycles. The SMILES string of the molecule is Nc1c(C(=O)NCCC2=CCCCC2)c2nc3ccccc3nc2n1-c1ccccc1. The maximum atomic E-state index is 13.2. The summed E-state index contributed by atoms with van der Waals surface area (Å²) in [6.07, 6.45) is 7.95. The van der Waals surface area contributed by atoms with Gasteiger partial charge in [0.1, 0.15) is 16.9 Å². The monoisotopic (exact) mass is 411 g/mol. The highest BCUT2D eigenvalue weighted by Gasteiger charge is 2.24. The number of anilines is 1. The number of fused-ring (bicyclic) bond motifs is 2. The summed E-state index contributed by atoms with van der Waals surface area (Å²) in [6, 6.07) is 17.4. The standard InChI is InChI=1S/C25H25N5O/c26-23-21(25(31)27-16-15-17-9-3-1-4-10-17)22-24(30(23)18-11-5-2-6-12-18)29-20-14-8-7-13-19(20)28-22/h2,5-9,11-14H,1,3-4,10,15-16,26H2,(H,27,31). The van der Waals surface area contributed by atoms with Crippen LogP contribution in [0.4, 0.5) is 5.82 Å². The smallest absolute Gasteiger partial charge is 0.257 e. The fourth-order valence-corrected chi connectivity index (χ4v) is 4.28. The summed E-state index contributed by atoms with van der Waals surface area (Å²) in [4.78, 5) is 22.8. The number of amides is 1. The molecule has 0 aliphatic heterocycles. The summed E-state index contributed by atoms with van der Waals surface area (Å²) in [5, 5.41) is 3.05. The summed E-state index contributed by atoms with van der Waals surface area (Å²) in [5.41, 5.74) is 11.8. The molecular formula is C25H25N5O. The molecule has 0 saturated carbocycles. The number of aromatic nitrogens is 3.